The highest BCUT2D eigenvalue weighted by Gasteiger charge is 2.35. The van der Waals surface area contributed by atoms with E-state index in [9.17, 15) is 31.5 Å². The van der Waals surface area contributed by atoms with Crippen LogP contribution in [0.25, 0.3) is 0 Å². The van der Waals surface area contributed by atoms with E-state index in [0.29, 0.717) is 37.1 Å². The van der Waals surface area contributed by atoms with Gasteiger partial charge in [0.1, 0.15) is 0 Å². The molecule has 11 heteroatoms. The third-order valence-corrected chi connectivity index (χ3v) is 9.35. The zero-order valence-electron chi connectivity index (χ0n) is 23.5. The van der Waals surface area contributed by atoms with Crippen molar-refractivity contribution in [2.75, 3.05) is 44.1 Å². The van der Waals surface area contributed by atoms with Gasteiger partial charge in [-0.3, -0.25) is 4.79 Å². The molecule has 4 rings (SSSR count). The topological polar surface area (TPSA) is 95.9 Å². The molecule has 3 aromatic rings. The van der Waals surface area contributed by atoms with E-state index < -0.39 is 21.6 Å². The number of alkyl halides is 3. The molecule has 0 spiro atoms. The van der Waals surface area contributed by atoms with Crippen molar-refractivity contribution in [3.8, 4) is 0 Å². The van der Waals surface area contributed by atoms with Gasteiger partial charge >= 0.3 is 6.18 Å². The number of carbonyl (C=O) groups excluding carboxylic acids is 1. The minimum absolute atomic E-state index is 0.00445. The number of benzene rings is 3. The van der Waals surface area contributed by atoms with Crippen LogP contribution in [0.15, 0.2) is 71.6 Å². The lowest BCUT2D eigenvalue weighted by atomic mass is 9.95. The molecule has 0 saturated carbocycles. The number of sulfone groups is 1. The van der Waals surface area contributed by atoms with Crippen LogP contribution in [0.1, 0.15) is 51.9 Å². The summed E-state index contributed by atoms with van der Waals surface area (Å²) in [4.78, 5) is 15.3. The summed E-state index contributed by atoms with van der Waals surface area (Å²) in [5.41, 5.74) is 2.92. The number of rotatable bonds is 11. The van der Waals surface area contributed by atoms with Crippen molar-refractivity contribution in [2.45, 2.75) is 42.8 Å². The quantitative estimate of drug-likeness (QED) is 0.326. The monoisotopic (exact) mass is 604 g/mol. The molecule has 1 unspecified atom stereocenters. The lowest BCUT2D eigenvalue weighted by Gasteiger charge is -2.27. The molecular weight excluding hydrogens is 569 g/mol. The van der Waals surface area contributed by atoms with Crippen LogP contribution in [0.5, 0.6) is 0 Å². The van der Waals surface area contributed by atoms with E-state index in [4.69, 9.17) is 4.74 Å². The van der Waals surface area contributed by atoms with Crippen LogP contribution in [-0.2, 0) is 27.2 Å². The molecule has 42 heavy (non-hydrogen) atoms. The SMILES string of the molecule is CCS(=O)(=O)c1ccc(Cc2cc(N3CC(c4ccc(C(F)(F)F)cc4)C[C@H]3COC)ccc2C(=O)NCCO)cc1. The number of nitrogens with one attached hydrogen (secondary N) is 1. The molecule has 1 aliphatic rings. The molecular formula is C31H35F3N2O5S. The number of aliphatic hydroxyl groups excluding tert-OH is 1. The van der Waals surface area contributed by atoms with Gasteiger partial charge in [0.05, 0.1) is 35.5 Å². The fraction of sp³-hybridized carbons (Fsp3) is 0.387. The molecule has 1 saturated heterocycles. The van der Waals surface area contributed by atoms with Gasteiger partial charge in [0.15, 0.2) is 9.84 Å². The molecule has 226 valence electrons. The van der Waals surface area contributed by atoms with Crippen molar-refractivity contribution >= 4 is 21.4 Å². The van der Waals surface area contributed by atoms with E-state index >= 15 is 0 Å². The normalized spacial score (nSPS) is 17.4. The molecule has 7 nitrogen and oxygen atoms in total. The highest BCUT2D eigenvalue weighted by molar-refractivity contribution is 7.91. The first kappa shape index (κ1) is 31.5. The second-order valence-corrected chi connectivity index (χ2v) is 12.6. The number of aliphatic hydroxyl groups is 1. The number of methoxy groups -OCH3 is 1. The van der Waals surface area contributed by atoms with Gasteiger partial charge in [0.2, 0.25) is 0 Å². The molecule has 1 fully saturated rings. The van der Waals surface area contributed by atoms with Crippen molar-refractivity contribution < 1.29 is 36.2 Å². The number of hydrogen-bond donors (Lipinski definition) is 2. The third-order valence-electron chi connectivity index (χ3n) is 7.60. The highest BCUT2D eigenvalue weighted by Crippen LogP contribution is 2.38. The van der Waals surface area contributed by atoms with Gasteiger partial charge < -0.3 is 20.1 Å². The smallest absolute Gasteiger partial charge is 0.395 e. The first-order chi connectivity index (χ1) is 20.0. The summed E-state index contributed by atoms with van der Waals surface area (Å²) in [7, 11) is -1.75. The summed E-state index contributed by atoms with van der Waals surface area (Å²) < 4.78 is 69.2. The van der Waals surface area contributed by atoms with E-state index in [2.05, 4.69) is 10.2 Å². The average Bonchev–Trinajstić information content (AvgIpc) is 3.40. The first-order valence-corrected chi connectivity index (χ1v) is 15.4. The maximum Gasteiger partial charge on any atom is 0.416 e. The molecule has 0 radical (unpaired) electrons. The Labute approximate surface area is 244 Å². The summed E-state index contributed by atoms with van der Waals surface area (Å²) in [6.45, 7) is 2.45. The van der Waals surface area contributed by atoms with Gasteiger partial charge in [-0.2, -0.15) is 13.2 Å². The molecule has 0 aliphatic carbocycles. The number of anilines is 1. The van der Waals surface area contributed by atoms with Crippen LogP contribution in [0.4, 0.5) is 18.9 Å². The molecule has 1 aliphatic heterocycles. The summed E-state index contributed by atoms with van der Waals surface area (Å²) in [6, 6.07) is 17.3. The van der Waals surface area contributed by atoms with Gasteiger partial charge in [0.25, 0.3) is 5.91 Å². The van der Waals surface area contributed by atoms with Gasteiger partial charge in [0, 0.05) is 37.4 Å². The minimum atomic E-state index is -4.40. The zero-order valence-corrected chi connectivity index (χ0v) is 24.3. The van der Waals surface area contributed by atoms with E-state index in [-0.39, 0.29) is 41.7 Å². The lowest BCUT2D eigenvalue weighted by Crippen LogP contribution is -2.33. The Kier molecular flexibility index (Phi) is 9.96. The molecule has 0 aromatic heterocycles. The van der Waals surface area contributed by atoms with Crippen molar-refractivity contribution in [1.29, 1.82) is 0 Å². The fourth-order valence-electron chi connectivity index (χ4n) is 5.36. The number of carbonyl (C=O) groups is 1. The van der Waals surface area contributed by atoms with Gasteiger partial charge in [-0.05, 0) is 72.0 Å². The predicted molar refractivity (Wildman–Crippen MR) is 155 cm³/mol. The van der Waals surface area contributed by atoms with Gasteiger partial charge in [-0.1, -0.05) is 31.2 Å². The first-order valence-electron chi connectivity index (χ1n) is 13.7. The van der Waals surface area contributed by atoms with Crippen LogP contribution in [0.2, 0.25) is 0 Å². The molecule has 1 amide bonds. The molecule has 0 bridgehead atoms. The highest BCUT2D eigenvalue weighted by atomic mass is 32.2. The average molecular weight is 605 g/mol. The second kappa shape index (κ2) is 13.3. The third kappa shape index (κ3) is 7.32. The van der Waals surface area contributed by atoms with Gasteiger partial charge in [-0.15, -0.1) is 0 Å². The van der Waals surface area contributed by atoms with Crippen LogP contribution in [0.3, 0.4) is 0 Å². The zero-order chi connectivity index (χ0) is 30.5. The van der Waals surface area contributed by atoms with Crippen LogP contribution < -0.4 is 10.2 Å². The molecule has 1 heterocycles. The molecule has 2 atom stereocenters. The maximum absolute atomic E-state index is 13.1. The summed E-state index contributed by atoms with van der Waals surface area (Å²) >= 11 is 0. The summed E-state index contributed by atoms with van der Waals surface area (Å²) in [6.07, 6.45) is -3.36. The van der Waals surface area contributed by atoms with Crippen LogP contribution in [0, 0.1) is 0 Å². The second-order valence-electron chi connectivity index (χ2n) is 10.4. The number of amides is 1. The Bertz CT molecular complexity index is 1480. The van der Waals surface area contributed by atoms with Crippen LogP contribution in [-0.4, -0.2) is 64.6 Å². The Balaban J connectivity index is 1.65. The summed E-state index contributed by atoms with van der Waals surface area (Å²) in [5, 5.41) is 11.9. The Hall–Kier alpha value is -3.41. The maximum atomic E-state index is 13.1. The number of nitrogens with zero attached hydrogens (tertiary/aromatic N) is 1. The van der Waals surface area contributed by atoms with Gasteiger partial charge in [-0.25, -0.2) is 8.42 Å². The van der Waals surface area contributed by atoms with E-state index in [1.165, 1.54) is 12.1 Å². The number of hydrogen-bond acceptors (Lipinski definition) is 6. The Morgan fingerprint density at radius 3 is 2.36 bits per heavy atom. The van der Waals surface area contributed by atoms with E-state index in [1.807, 2.05) is 12.1 Å². The lowest BCUT2D eigenvalue weighted by molar-refractivity contribution is -0.137. The Morgan fingerprint density at radius 1 is 1.07 bits per heavy atom. The van der Waals surface area contributed by atoms with Crippen molar-refractivity contribution in [2.24, 2.45) is 0 Å². The van der Waals surface area contributed by atoms with E-state index in [1.54, 1.807) is 44.4 Å². The van der Waals surface area contributed by atoms with Crippen LogP contribution >= 0.6 is 0 Å². The minimum Gasteiger partial charge on any atom is -0.395 e. The summed E-state index contributed by atoms with van der Waals surface area (Å²) in [5.74, 6) is -0.361. The Morgan fingerprint density at radius 2 is 1.76 bits per heavy atom. The van der Waals surface area contributed by atoms with Crippen molar-refractivity contribution in [3.63, 3.8) is 0 Å². The standard InChI is InChI=1S/C31H35F3N2O5S/c1-3-42(39,40)28-11-4-21(5-12-28)16-23-17-26(10-13-29(23)30(38)35-14-15-37)36-19-24(18-27(36)20-41-2)22-6-8-25(9-7-22)31(32,33)34/h4-13,17,24,27,37H,3,14-16,18-20H2,1-2H3,(H,35,38)/t24?,27-/m0/s1. The molecule has 3 aromatic carbocycles. The largest absolute Gasteiger partial charge is 0.416 e. The van der Waals surface area contributed by atoms with E-state index in [0.717, 1.165) is 28.9 Å². The van der Waals surface area contributed by atoms with Crippen molar-refractivity contribution in [3.05, 3.63) is 94.5 Å². The number of halogens is 3. The molecule has 2 N–H and O–H groups in total. The fourth-order valence-corrected chi connectivity index (χ4v) is 6.25. The number of ether oxygens (including phenoxy) is 1. The van der Waals surface area contributed by atoms with Crippen molar-refractivity contribution in [1.82, 2.24) is 5.32 Å². The predicted octanol–water partition coefficient (Wildman–Crippen LogP) is 4.82.